The molecule has 5 heterocycles. The molecule has 2 fully saturated rings. The molecule has 1 aromatic carbocycles. The molecule has 3 aliphatic heterocycles. The molecular formula is C30H33ClN11NaO9S2. The molecule has 2 saturated heterocycles. The van der Waals surface area contributed by atoms with E-state index >= 15 is 0 Å². The number of fused-ring (bicyclic) bond motifs is 1. The van der Waals surface area contributed by atoms with Crippen molar-refractivity contribution in [2.45, 2.75) is 43.7 Å². The average Bonchev–Trinajstić information content (AvgIpc) is 3.90. The number of carbonyl (C=O) groups excluding carboxylic acids is 4. The smallest absolute Gasteiger partial charge is 0.546 e. The number of halogens is 1. The van der Waals surface area contributed by atoms with Gasteiger partial charge in [0, 0.05) is 23.8 Å². The maximum Gasteiger partial charge on any atom is 1.00 e. The maximum atomic E-state index is 13.9. The van der Waals surface area contributed by atoms with Gasteiger partial charge in [-0.3, -0.25) is 33.8 Å². The molecule has 0 aliphatic carbocycles. The van der Waals surface area contributed by atoms with E-state index in [9.17, 15) is 38.7 Å². The van der Waals surface area contributed by atoms with Crippen molar-refractivity contribution in [1.29, 1.82) is 0 Å². The largest absolute Gasteiger partial charge is 1.00 e. The number of tetrazole rings is 1. The van der Waals surface area contributed by atoms with Crippen molar-refractivity contribution in [1.82, 2.24) is 41.1 Å². The number of phenolic OH excluding ortho intramolecular Hbond substituents is 2. The third-order valence-electron chi connectivity index (χ3n) is 9.11. The maximum absolute atomic E-state index is 13.9. The standard InChI is InChI=1S/C30H34ClN11O9S2.Na/c1-30(2,28(48)49)51-38-19(16-12-52-29(32)34-16)25(46)35-20-26(47)41-21(23-36-39-40-37-23)14(13-53(50)27(20)41)11-42(8-3-4-9-42)10-7-33-24(45)15-5-6-17(43)22(44)18(15)31;/h5-6,12,20,27H,3-4,7-11,13H2,1-2H3,(H7-,32,33,34,35,36,37,38,39,40,43,44,45,46,48,49);/q;+1/p-1/t20-,27-,53?;/m1./s1. The number of nitrogen functional groups attached to an aromatic ring is 1. The van der Waals surface area contributed by atoms with Gasteiger partial charge in [0.2, 0.25) is 0 Å². The van der Waals surface area contributed by atoms with Crippen LogP contribution in [0, 0.1) is 0 Å². The number of hydrogen-bond acceptors (Lipinski definition) is 16. The zero-order chi connectivity index (χ0) is 38.2. The van der Waals surface area contributed by atoms with Crippen LogP contribution >= 0.6 is 22.9 Å². The molecule has 3 aromatic rings. The topological polar surface area (TPSA) is 289 Å². The van der Waals surface area contributed by atoms with Crippen LogP contribution in [0.2, 0.25) is 5.02 Å². The molecule has 24 heteroatoms. The van der Waals surface area contributed by atoms with Crippen LogP contribution < -0.4 is 56.1 Å². The summed E-state index contributed by atoms with van der Waals surface area (Å²) in [4.78, 5) is 62.2. The number of phenols is 2. The molecule has 20 nitrogen and oxygen atoms in total. The predicted octanol–water partition coefficient (Wildman–Crippen LogP) is -4.95. The zero-order valence-electron chi connectivity index (χ0n) is 29.1. The minimum absolute atomic E-state index is 0. The molecule has 2 aromatic heterocycles. The number of β-lactam (4-membered cyclic amide) rings is 1. The van der Waals surface area contributed by atoms with Gasteiger partial charge in [0.25, 0.3) is 17.7 Å². The number of carbonyl (C=O) groups is 4. The first-order chi connectivity index (χ1) is 25.1. The van der Waals surface area contributed by atoms with Gasteiger partial charge >= 0.3 is 29.6 Å². The number of aliphatic carboxylic acids is 1. The number of nitrogens with two attached hydrogens (primary N) is 1. The summed E-state index contributed by atoms with van der Waals surface area (Å²) in [6.45, 7) is 4.75. The fourth-order valence-corrected chi connectivity index (χ4v) is 8.80. The van der Waals surface area contributed by atoms with Crippen LogP contribution in [0.4, 0.5) is 5.13 Å². The fraction of sp³-hybridized carbons (Fsp3) is 0.433. The second kappa shape index (κ2) is 16.3. The number of benzene rings is 1. The number of likely N-dealkylation sites (tertiary alicyclic amines) is 1. The van der Waals surface area contributed by atoms with Crippen LogP contribution in [-0.4, -0.2) is 129 Å². The van der Waals surface area contributed by atoms with Gasteiger partial charge in [-0.2, -0.15) is 5.21 Å². The number of aromatic hydroxyl groups is 2. The van der Waals surface area contributed by atoms with Crippen molar-refractivity contribution in [2.75, 3.05) is 44.2 Å². The molecule has 0 bridgehead atoms. The van der Waals surface area contributed by atoms with Crippen molar-refractivity contribution in [2.24, 2.45) is 5.16 Å². The van der Waals surface area contributed by atoms with Crippen molar-refractivity contribution < 1.29 is 77.6 Å². The Labute approximate surface area is 340 Å². The van der Waals surface area contributed by atoms with Gasteiger partial charge in [0.15, 0.2) is 27.9 Å². The van der Waals surface area contributed by atoms with Gasteiger partial charge in [0.1, 0.15) is 23.7 Å². The van der Waals surface area contributed by atoms with Gasteiger partial charge in [-0.05, 0) is 26.0 Å². The van der Waals surface area contributed by atoms with E-state index < -0.39 is 68.7 Å². The Bertz CT molecular complexity index is 2050. The quantitative estimate of drug-likeness (QED) is 0.0270. The van der Waals surface area contributed by atoms with Gasteiger partial charge < -0.3 is 50.9 Å². The molecule has 3 aliphatic rings. The van der Waals surface area contributed by atoms with E-state index in [0.29, 0.717) is 36.2 Å². The number of rotatable bonds is 13. The summed E-state index contributed by atoms with van der Waals surface area (Å²) in [6.07, 6.45) is 1.76. The summed E-state index contributed by atoms with van der Waals surface area (Å²) in [6, 6.07) is 1.17. The number of hydrogen-bond donors (Lipinski definition) is 5. The number of thiazole rings is 1. The van der Waals surface area contributed by atoms with Crippen LogP contribution in [0.25, 0.3) is 5.70 Å². The van der Waals surface area contributed by atoms with Gasteiger partial charge in [-0.1, -0.05) is 16.8 Å². The Hall–Kier alpha value is -4.19. The van der Waals surface area contributed by atoms with Gasteiger partial charge in [-0.15, -0.1) is 11.3 Å². The minimum atomic E-state index is -1.93. The number of carboxylic acid groups (broad SMARTS) is 1. The summed E-state index contributed by atoms with van der Waals surface area (Å²) in [7, 11) is -1.74. The fourth-order valence-electron chi connectivity index (χ4n) is 6.34. The second-order valence-corrected chi connectivity index (χ2v) is 15.9. The molecule has 0 radical (unpaired) electrons. The third kappa shape index (κ3) is 8.09. The van der Waals surface area contributed by atoms with Crippen molar-refractivity contribution in [3.8, 4) is 11.5 Å². The molecule has 3 atom stereocenters. The molecule has 0 spiro atoms. The van der Waals surface area contributed by atoms with E-state index in [4.69, 9.17) is 22.2 Å². The van der Waals surface area contributed by atoms with Crippen LogP contribution in [0.1, 0.15) is 48.6 Å². The van der Waals surface area contributed by atoms with Crippen LogP contribution in [-0.2, 0) is 30.0 Å². The molecule has 6 N–H and O–H groups in total. The molecule has 54 heavy (non-hydrogen) atoms. The number of amides is 3. The minimum Gasteiger partial charge on any atom is -0.546 e. The van der Waals surface area contributed by atoms with Gasteiger partial charge in [-0.25, -0.2) is 4.98 Å². The SMILES string of the molecule is CC(C)(O/N=C(\C(=O)N[C@@H]1C(=O)N2C(c3nnn[n-]3)=C(C[N+]3(CCNC(=O)c4ccc(O)c(O)c4Cl)CCCC3)CS(=O)[C@H]12)c1csc(N)n1)C(=O)[O-].[Na+]. The predicted molar refractivity (Wildman–Crippen MR) is 185 cm³/mol. The van der Waals surface area contributed by atoms with Crippen molar-refractivity contribution in [3.63, 3.8) is 0 Å². The Morgan fingerprint density at radius 3 is 2.63 bits per heavy atom. The van der Waals surface area contributed by atoms with E-state index in [-0.39, 0.29) is 74.8 Å². The third-order valence-corrected chi connectivity index (χ3v) is 11.8. The molecule has 3 amide bonds. The summed E-state index contributed by atoms with van der Waals surface area (Å²) in [5.41, 5.74) is 4.16. The number of quaternary nitrogens is 1. The van der Waals surface area contributed by atoms with E-state index in [1.165, 1.54) is 30.2 Å². The zero-order valence-corrected chi connectivity index (χ0v) is 33.5. The van der Waals surface area contributed by atoms with E-state index in [0.717, 1.165) is 30.2 Å². The number of carboxylic acids is 1. The first-order valence-corrected chi connectivity index (χ1v) is 18.7. The Balaban J connectivity index is 0.00000561. The van der Waals surface area contributed by atoms with Gasteiger partial charge in [0.05, 0.1) is 70.8 Å². The average molecular weight is 814 g/mol. The van der Waals surface area contributed by atoms with Crippen molar-refractivity contribution in [3.05, 3.63) is 45.2 Å². The molecule has 0 saturated carbocycles. The van der Waals surface area contributed by atoms with E-state index in [2.05, 4.69) is 41.4 Å². The normalized spacial score (nSPS) is 20.8. The van der Waals surface area contributed by atoms with E-state index in [1.54, 1.807) is 0 Å². The molecular weight excluding hydrogens is 781 g/mol. The number of aromatic nitrogens is 5. The molecule has 282 valence electrons. The monoisotopic (exact) mass is 813 g/mol. The Morgan fingerprint density at radius 1 is 1.28 bits per heavy atom. The molecule has 1 unspecified atom stereocenters. The molecule has 6 rings (SSSR count). The summed E-state index contributed by atoms with van der Waals surface area (Å²) in [5.74, 6) is -4.77. The summed E-state index contributed by atoms with van der Waals surface area (Å²) >= 11 is 7.06. The number of nitrogens with one attached hydrogen (secondary N) is 2. The van der Waals surface area contributed by atoms with Crippen molar-refractivity contribution >= 4 is 74.0 Å². The van der Waals surface area contributed by atoms with Crippen LogP contribution in [0.15, 0.2) is 28.2 Å². The second-order valence-electron chi connectivity index (χ2n) is 13.1. The Morgan fingerprint density at radius 2 is 2.00 bits per heavy atom. The first kappa shape index (κ1) is 41.0. The van der Waals surface area contributed by atoms with E-state index in [1.807, 2.05) is 0 Å². The van der Waals surface area contributed by atoms with Crippen LogP contribution in [0.3, 0.4) is 0 Å². The first-order valence-electron chi connectivity index (χ1n) is 16.1. The Kier molecular flexibility index (Phi) is 12.3. The summed E-state index contributed by atoms with van der Waals surface area (Å²) < 4.78 is 14.4. The number of oxime groups is 1. The number of anilines is 1. The van der Waals surface area contributed by atoms with Crippen LogP contribution in [0.5, 0.6) is 11.5 Å². The number of nitrogens with zero attached hydrogens (tertiary/aromatic N) is 8. The summed E-state index contributed by atoms with van der Waals surface area (Å²) in [5, 5.41) is 55.5.